The minimum atomic E-state index is -1.05. The number of amides is 1. The molecule has 0 spiro atoms. The van der Waals surface area contributed by atoms with Crippen LogP contribution in [0.1, 0.15) is 20.7 Å². The number of anilines is 2. The molecule has 124 valence electrons. The number of rotatable bonds is 4. The minimum Gasteiger partial charge on any atom is -0.478 e. The molecule has 0 saturated heterocycles. The van der Waals surface area contributed by atoms with Crippen molar-refractivity contribution < 1.29 is 14.7 Å². The molecule has 5 heteroatoms. The number of aromatic carboxylic acids is 1. The van der Waals surface area contributed by atoms with Crippen molar-refractivity contribution in [1.82, 2.24) is 0 Å². The Hall–Kier alpha value is -3.60. The molecule has 0 radical (unpaired) electrons. The van der Waals surface area contributed by atoms with E-state index in [1.807, 2.05) is 18.2 Å². The molecule has 0 aromatic heterocycles. The van der Waals surface area contributed by atoms with Crippen LogP contribution in [-0.2, 0) is 0 Å². The molecule has 3 aromatic carbocycles. The van der Waals surface area contributed by atoms with E-state index in [1.54, 1.807) is 36.4 Å². The Morgan fingerprint density at radius 3 is 2.20 bits per heavy atom. The molecule has 0 aliphatic rings. The Morgan fingerprint density at radius 2 is 1.56 bits per heavy atom. The number of carboxylic acid groups (broad SMARTS) is 1. The zero-order chi connectivity index (χ0) is 17.8. The summed E-state index contributed by atoms with van der Waals surface area (Å²) < 4.78 is 0. The standard InChI is InChI=1S/C20H16N2O3/c21-15-9-6-13(7-10-15)18-12-14(20(24)25)8-11-17(18)19(23)22-16-4-2-1-3-5-16/h1-12H,21H2,(H,22,23)(H,24,25). The van der Waals surface area contributed by atoms with E-state index in [4.69, 9.17) is 5.73 Å². The molecule has 1 amide bonds. The highest BCUT2D eigenvalue weighted by Gasteiger charge is 2.16. The predicted molar refractivity (Wildman–Crippen MR) is 97.6 cm³/mol. The van der Waals surface area contributed by atoms with Gasteiger partial charge in [-0.15, -0.1) is 0 Å². The second kappa shape index (κ2) is 6.88. The van der Waals surface area contributed by atoms with Crippen LogP contribution >= 0.6 is 0 Å². The number of nitrogen functional groups attached to an aromatic ring is 1. The van der Waals surface area contributed by atoms with E-state index in [9.17, 15) is 14.7 Å². The Bertz CT molecular complexity index is 919. The summed E-state index contributed by atoms with van der Waals surface area (Å²) in [6.45, 7) is 0. The number of hydrogen-bond donors (Lipinski definition) is 3. The maximum Gasteiger partial charge on any atom is 0.335 e. The van der Waals surface area contributed by atoms with E-state index in [0.29, 0.717) is 22.5 Å². The third-order valence-electron chi connectivity index (χ3n) is 3.76. The topological polar surface area (TPSA) is 92.4 Å². The van der Waals surface area contributed by atoms with Gasteiger partial charge in [0.25, 0.3) is 5.91 Å². The van der Waals surface area contributed by atoms with Gasteiger partial charge in [-0.05, 0) is 53.6 Å². The number of nitrogens with two attached hydrogens (primary N) is 1. The first-order valence-electron chi connectivity index (χ1n) is 7.64. The maximum absolute atomic E-state index is 12.7. The van der Waals surface area contributed by atoms with Crippen LogP contribution in [0.25, 0.3) is 11.1 Å². The minimum absolute atomic E-state index is 0.114. The van der Waals surface area contributed by atoms with Gasteiger partial charge in [-0.3, -0.25) is 4.79 Å². The zero-order valence-electron chi connectivity index (χ0n) is 13.3. The fourth-order valence-electron chi connectivity index (χ4n) is 2.50. The molecule has 25 heavy (non-hydrogen) atoms. The summed E-state index contributed by atoms with van der Waals surface area (Å²) in [7, 11) is 0. The molecule has 4 N–H and O–H groups in total. The van der Waals surface area contributed by atoms with Crippen molar-refractivity contribution in [3.05, 3.63) is 83.9 Å². The third-order valence-corrected chi connectivity index (χ3v) is 3.76. The van der Waals surface area contributed by atoms with Gasteiger partial charge < -0.3 is 16.2 Å². The average Bonchev–Trinajstić information content (AvgIpc) is 2.62. The van der Waals surface area contributed by atoms with E-state index < -0.39 is 5.97 Å². The van der Waals surface area contributed by atoms with Gasteiger partial charge in [-0.25, -0.2) is 4.79 Å². The second-order valence-corrected chi connectivity index (χ2v) is 5.51. The molecule has 0 saturated carbocycles. The fourth-order valence-corrected chi connectivity index (χ4v) is 2.50. The van der Waals surface area contributed by atoms with E-state index in [1.165, 1.54) is 18.2 Å². The van der Waals surface area contributed by atoms with Gasteiger partial charge in [-0.2, -0.15) is 0 Å². The van der Waals surface area contributed by atoms with Crippen molar-refractivity contribution >= 4 is 23.3 Å². The van der Waals surface area contributed by atoms with Crippen molar-refractivity contribution in [2.75, 3.05) is 11.1 Å². The monoisotopic (exact) mass is 332 g/mol. The number of nitrogens with one attached hydrogen (secondary N) is 1. The summed E-state index contributed by atoms with van der Waals surface area (Å²) in [6.07, 6.45) is 0. The summed E-state index contributed by atoms with van der Waals surface area (Å²) in [4.78, 5) is 24.0. The summed E-state index contributed by atoms with van der Waals surface area (Å²) in [6, 6.07) is 20.4. The average molecular weight is 332 g/mol. The van der Waals surface area contributed by atoms with Gasteiger partial charge in [-0.1, -0.05) is 30.3 Å². The van der Waals surface area contributed by atoms with Crippen LogP contribution in [0.15, 0.2) is 72.8 Å². The highest BCUT2D eigenvalue weighted by molar-refractivity contribution is 6.09. The summed E-state index contributed by atoms with van der Waals surface area (Å²) in [5, 5.41) is 12.1. The van der Waals surface area contributed by atoms with Gasteiger partial charge in [0.1, 0.15) is 0 Å². The Balaban J connectivity index is 2.04. The van der Waals surface area contributed by atoms with E-state index in [2.05, 4.69) is 5.32 Å². The molecular weight excluding hydrogens is 316 g/mol. The maximum atomic E-state index is 12.7. The Kier molecular flexibility index (Phi) is 4.48. The lowest BCUT2D eigenvalue weighted by Gasteiger charge is -2.12. The SMILES string of the molecule is Nc1ccc(-c2cc(C(=O)O)ccc2C(=O)Nc2ccccc2)cc1. The molecule has 0 aliphatic heterocycles. The lowest BCUT2D eigenvalue weighted by Crippen LogP contribution is -2.13. The van der Waals surface area contributed by atoms with E-state index in [-0.39, 0.29) is 11.5 Å². The van der Waals surface area contributed by atoms with Crippen LogP contribution in [0.2, 0.25) is 0 Å². The van der Waals surface area contributed by atoms with Crippen molar-refractivity contribution in [2.45, 2.75) is 0 Å². The number of carbonyl (C=O) groups excluding carboxylic acids is 1. The number of carboxylic acids is 1. The van der Waals surface area contributed by atoms with E-state index in [0.717, 1.165) is 5.56 Å². The molecule has 5 nitrogen and oxygen atoms in total. The smallest absolute Gasteiger partial charge is 0.335 e. The zero-order valence-corrected chi connectivity index (χ0v) is 13.3. The van der Waals surface area contributed by atoms with Crippen molar-refractivity contribution in [3.63, 3.8) is 0 Å². The van der Waals surface area contributed by atoms with Gasteiger partial charge in [0, 0.05) is 16.9 Å². The normalized spacial score (nSPS) is 10.2. The first-order chi connectivity index (χ1) is 12.0. The number of para-hydroxylation sites is 1. The van der Waals surface area contributed by atoms with Crippen molar-refractivity contribution in [3.8, 4) is 11.1 Å². The quantitative estimate of drug-likeness (QED) is 0.632. The van der Waals surface area contributed by atoms with Crippen LogP contribution in [0.5, 0.6) is 0 Å². The van der Waals surface area contributed by atoms with E-state index >= 15 is 0 Å². The lowest BCUT2D eigenvalue weighted by molar-refractivity contribution is 0.0696. The number of benzene rings is 3. The largest absolute Gasteiger partial charge is 0.478 e. The first-order valence-corrected chi connectivity index (χ1v) is 7.64. The van der Waals surface area contributed by atoms with Gasteiger partial charge in [0.15, 0.2) is 0 Å². The highest BCUT2D eigenvalue weighted by Crippen LogP contribution is 2.27. The molecule has 3 rings (SSSR count). The van der Waals surface area contributed by atoms with Gasteiger partial charge >= 0.3 is 5.97 Å². The van der Waals surface area contributed by atoms with Gasteiger partial charge in [0.2, 0.25) is 0 Å². The molecule has 0 bridgehead atoms. The third kappa shape index (κ3) is 3.67. The number of hydrogen-bond acceptors (Lipinski definition) is 3. The summed E-state index contributed by atoms with van der Waals surface area (Å²) in [5.41, 5.74) is 8.72. The molecule has 0 heterocycles. The Labute approximate surface area is 144 Å². The fraction of sp³-hybridized carbons (Fsp3) is 0. The second-order valence-electron chi connectivity index (χ2n) is 5.51. The predicted octanol–water partition coefficient (Wildman–Crippen LogP) is 3.89. The highest BCUT2D eigenvalue weighted by atomic mass is 16.4. The van der Waals surface area contributed by atoms with Crippen molar-refractivity contribution in [1.29, 1.82) is 0 Å². The lowest BCUT2D eigenvalue weighted by atomic mass is 9.96. The van der Waals surface area contributed by atoms with Crippen molar-refractivity contribution in [2.24, 2.45) is 0 Å². The summed E-state index contributed by atoms with van der Waals surface area (Å²) in [5.74, 6) is -1.36. The van der Waals surface area contributed by atoms with Crippen LogP contribution in [-0.4, -0.2) is 17.0 Å². The molecular formula is C20H16N2O3. The van der Waals surface area contributed by atoms with Crippen LogP contribution in [0.4, 0.5) is 11.4 Å². The van der Waals surface area contributed by atoms with Gasteiger partial charge in [0.05, 0.1) is 5.56 Å². The van der Waals surface area contributed by atoms with Crippen LogP contribution in [0, 0.1) is 0 Å². The number of carbonyl (C=O) groups is 2. The molecule has 0 fully saturated rings. The molecule has 0 unspecified atom stereocenters. The molecule has 0 aliphatic carbocycles. The van der Waals surface area contributed by atoms with Crippen LogP contribution < -0.4 is 11.1 Å². The first kappa shape index (κ1) is 16.3. The Morgan fingerprint density at radius 1 is 0.880 bits per heavy atom. The molecule has 3 aromatic rings. The summed E-state index contributed by atoms with van der Waals surface area (Å²) >= 11 is 0. The van der Waals surface area contributed by atoms with Crippen LogP contribution in [0.3, 0.4) is 0 Å². The molecule has 0 atom stereocenters.